The average Bonchev–Trinajstić information content (AvgIpc) is 2.52. The quantitative estimate of drug-likeness (QED) is 0.542. The van der Waals surface area contributed by atoms with E-state index >= 15 is 0 Å². The number of hydrogen-bond acceptors (Lipinski definition) is 0. The molecule has 0 aromatic heterocycles. The highest BCUT2D eigenvalue weighted by atomic mass is 14.3. The highest BCUT2D eigenvalue weighted by Gasteiger charge is 2.27. The van der Waals surface area contributed by atoms with Gasteiger partial charge in [-0.3, -0.25) is 0 Å². The van der Waals surface area contributed by atoms with E-state index < -0.39 is 0 Å². The smallest absolute Gasteiger partial charge is 0.00454 e. The minimum atomic E-state index is 0.685. The number of aryl methyl sites for hydroxylation is 1. The Morgan fingerprint density at radius 2 is 2.17 bits per heavy atom. The first-order valence-electron chi connectivity index (χ1n) is 4.79. The second-order valence-corrected chi connectivity index (χ2v) is 3.82. The fraction of sp³-hybridized carbons (Fsp3) is 0.417. The zero-order chi connectivity index (χ0) is 7.97. The lowest BCUT2D eigenvalue weighted by Crippen LogP contribution is -2.06. The van der Waals surface area contributed by atoms with Gasteiger partial charge in [0, 0.05) is 0 Å². The molecule has 2 aliphatic carbocycles. The van der Waals surface area contributed by atoms with E-state index in [4.69, 9.17) is 0 Å². The average molecular weight is 156 g/mol. The SMILES string of the molecule is [C]1Cc2cccc3c2C1CCC3. The minimum Gasteiger partial charge on any atom is -0.0617 e. The Morgan fingerprint density at radius 3 is 3.17 bits per heavy atom. The minimum absolute atomic E-state index is 0.685. The van der Waals surface area contributed by atoms with Crippen molar-refractivity contribution >= 4 is 0 Å². The van der Waals surface area contributed by atoms with Gasteiger partial charge < -0.3 is 0 Å². The summed E-state index contributed by atoms with van der Waals surface area (Å²) >= 11 is 0. The lowest BCUT2D eigenvalue weighted by molar-refractivity contribution is 0.617. The van der Waals surface area contributed by atoms with Gasteiger partial charge in [-0.25, -0.2) is 0 Å². The van der Waals surface area contributed by atoms with Crippen LogP contribution in [-0.4, -0.2) is 0 Å². The van der Waals surface area contributed by atoms with Crippen molar-refractivity contribution in [3.63, 3.8) is 0 Å². The van der Waals surface area contributed by atoms with Crippen LogP contribution in [0.5, 0.6) is 0 Å². The molecule has 0 spiro atoms. The molecule has 0 saturated carbocycles. The fourth-order valence-corrected chi connectivity index (χ4v) is 2.56. The van der Waals surface area contributed by atoms with Gasteiger partial charge in [0.2, 0.25) is 0 Å². The molecule has 0 heteroatoms. The molecule has 1 aromatic rings. The molecule has 0 nitrogen and oxygen atoms in total. The van der Waals surface area contributed by atoms with Crippen LogP contribution >= 0.6 is 0 Å². The summed E-state index contributed by atoms with van der Waals surface area (Å²) in [5.74, 6) is 0.685. The van der Waals surface area contributed by atoms with Gasteiger partial charge in [0.1, 0.15) is 0 Å². The van der Waals surface area contributed by atoms with Crippen LogP contribution in [0.1, 0.15) is 35.4 Å². The zero-order valence-corrected chi connectivity index (χ0v) is 7.14. The second-order valence-electron chi connectivity index (χ2n) is 3.82. The molecule has 0 N–H and O–H groups in total. The molecule has 3 rings (SSSR count). The van der Waals surface area contributed by atoms with Crippen molar-refractivity contribution < 1.29 is 0 Å². The van der Waals surface area contributed by atoms with Crippen LogP contribution in [0.15, 0.2) is 18.2 Å². The fourth-order valence-electron chi connectivity index (χ4n) is 2.56. The van der Waals surface area contributed by atoms with Crippen molar-refractivity contribution in [1.29, 1.82) is 0 Å². The van der Waals surface area contributed by atoms with Crippen molar-refractivity contribution in [2.24, 2.45) is 0 Å². The maximum atomic E-state index is 3.56. The Bertz CT molecular complexity index is 312. The molecule has 0 heterocycles. The van der Waals surface area contributed by atoms with E-state index in [1.165, 1.54) is 24.8 Å². The summed E-state index contributed by atoms with van der Waals surface area (Å²) in [4.78, 5) is 0. The maximum absolute atomic E-state index is 3.56. The van der Waals surface area contributed by atoms with Crippen LogP contribution in [0.3, 0.4) is 0 Å². The lowest BCUT2D eigenvalue weighted by atomic mass is 9.84. The van der Waals surface area contributed by atoms with E-state index in [1.807, 2.05) is 0 Å². The number of hydrogen-bond donors (Lipinski definition) is 0. The Hall–Kier alpha value is -0.780. The molecule has 0 fully saturated rings. The van der Waals surface area contributed by atoms with E-state index in [0.29, 0.717) is 5.92 Å². The van der Waals surface area contributed by atoms with Crippen LogP contribution in [0.25, 0.3) is 0 Å². The van der Waals surface area contributed by atoms with Crippen LogP contribution in [0.2, 0.25) is 0 Å². The first-order valence-corrected chi connectivity index (χ1v) is 4.79. The molecule has 1 unspecified atom stereocenters. The summed E-state index contributed by atoms with van der Waals surface area (Å²) in [6, 6.07) is 6.75. The first kappa shape index (κ1) is 6.71. The molecule has 2 aliphatic rings. The Labute approximate surface area is 73.6 Å². The van der Waals surface area contributed by atoms with E-state index in [2.05, 4.69) is 24.6 Å². The summed E-state index contributed by atoms with van der Waals surface area (Å²) in [7, 11) is 0. The zero-order valence-electron chi connectivity index (χ0n) is 7.14. The van der Waals surface area contributed by atoms with Gasteiger partial charge in [-0.1, -0.05) is 18.2 Å². The highest BCUT2D eigenvalue weighted by Crippen LogP contribution is 2.41. The van der Waals surface area contributed by atoms with Crippen LogP contribution < -0.4 is 0 Å². The van der Waals surface area contributed by atoms with Gasteiger partial charge in [0.25, 0.3) is 0 Å². The Kier molecular flexibility index (Phi) is 1.31. The largest absolute Gasteiger partial charge is 0.0617 e. The second kappa shape index (κ2) is 2.35. The molecular formula is C12H12. The van der Waals surface area contributed by atoms with Gasteiger partial charge >= 0.3 is 0 Å². The summed E-state index contributed by atoms with van der Waals surface area (Å²) in [6.07, 6.45) is 8.64. The van der Waals surface area contributed by atoms with E-state index in [0.717, 1.165) is 6.42 Å². The van der Waals surface area contributed by atoms with Crippen LogP contribution in [-0.2, 0) is 12.8 Å². The van der Waals surface area contributed by atoms with Crippen molar-refractivity contribution in [3.8, 4) is 0 Å². The molecule has 0 aliphatic heterocycles. The molecular weight excluding hydrogens is 144 g/mol. The third-order valence-corrected chi connectivity index (χ3v) is 3.11. The van der Waals surface area contributed by atoms with E-state index in [-0.39, 0.29) is 0 Å². The van der Waals surface area contributed by atoms with Crippen LogP contribution in [0.4, 0.5) is 0 Å². The van der Waals surface area contributed by atoms with Gasteiger partial charge in [-0.05, 0) is 54.7 Å². The van der Waals surface area contributed by atoms with Gasteiger partial charge in [0.05, 0.1) is 0 Å². The monoisotopic (exact) mass is 156 g/mol. The third kappa shape index (κ3) is 0.782. The Balaban J connectivity index is 2.23. The molecule has 1 aromatic carbocycles. The van der Waals surface area contributed by atoms with Crippen LogP contribution in [0, 0.1) is 6.42 Å². The van der Waals surface area contributed by atoms with Crippen molar-refractivity contribution in [2.45, 2.75) is 31.6 Å². The van der Waals surface area contributed by atoms with Gasteiger partial charge in [-0.2, -0.15) is 0 Å². The molecule has 12 heavy (non-hydrogen) atoms. The molecule has 0 bridgehead atoms. The van der Waals surface area contributed by atoms with Crippen molar-refractivity contribution in [1.82, 2.24) is 0 Å². The van der Waals surface area contributed by atoms with E-state index in [1.54, 1.807) is 11.1 Å². The Morgan fingerprint density at radius 1 is 1.25 bits per heavy atom. The third-order valence-electron chi connectivity index (χ3n) is 3.11. The molecule has 0 amide bonds. The van der Waals surface area contributed by atoms with E-state index in [9.17, 15) is 0 Å². The molecule has 60 valence electrons. The van der Waals surface area contributed by atoms with Crippen molar-refractivity contribution in [2.75, 3.05) is 0 Å². The lowest BCUT2D eigenvalue weighted by Gasteiger charge is -2.20. The predicted octanol–water partition coefficient (Wildman–Crippen LogP) is 2.74. The summed E-state index contributed by atoms with van der Waals surface area (Å²) in [6.45, 7) is 0. The van der Waals surface area contributed by atoms with Crippen molar-refractivity contribution in [3.05, 3.63) is 41.3 Å². The normalized spacial score (nSPS) is 25.5. The summed E-state index contributed by atoms with van der Waals surface area (Å²) < 4.78 is 0. The van der Waals surface area contributed by atoms with Gasteiger partial charge in [-0.15, -0.1) is 0 Å². The predicted molar refractivity (Wildman–Crippen MR) is 49.1 cm³/mol. The molecule has 1 atom stereocenters. The first-order chi connectivity index (χ1) is 5.95. The standard InChI is InChI=1S/C12H12/c1-3-9-4-2-6-11-8-7-10(5-1)12(9)11/h1,3,5,11H,2,4,6-7H2. The topological polar surface area (TPSA) is 0 Å². The molecule has 2 radical (unpaired) electrons. The summed E-state index contributed by atoms with van der Waals surface area (Å²) in [5, 5.41) is 0. The number of rotatable bonds is 0. The number of benzene rings is 1. The highest BCUT2D eigenvalue weighted by molar-refractivity contribution is 5.46. The molecule has 0 saturated heterocycles. The maximum Gasteiger partial charge on any atom is -0.00454 e. The van der Waals surface area contributed by atoms with Gasteiger partial charge in [0.15, 0.2) is 0 Å². The summed E-state index contributed by atoms with van der Waals surface area (Å²) in [5.41, 5.74) is 4.76.